The van der Waals surface area contributed by atoms with Crippen LogP contribution in [0.25, 0.3) is 0 Å². The van der Waals surface area contributed by atoms with Crippen molar-refractivity contribution in [2.45, 2.75) is 25.8 Å². The molecule has 0 unspecified atom stereocenters. The summed E-state index contributed by atoms with van der Waals surface area (Å²) in [5.74, 6) is 0.0213. The Balaban J connectivity index is 1.48. The summed E-state index contributed by atoms with van der Waals surface area (Å²) in [7, 11) is 0. The summed E-state index contributed by atoms with van der Waals surface area (Å²) in [4.78, 5) is 23.8. The van der Waals surface area contributed by atoms with E-state index >= 15 is 0 Å². The van der Waals surface area contributed by atoms with Gasteiger partial charge in [0.25, 0.3) is 5.56 Å². The zero-order valence-electron chi connectivity index (χ0n) is 14.6. The zero-order valence-corrected chi connectivity index (χ0v) is 14.6. The summed E-state index contributed by atoms with van der Waals surface area (Å²) >= 11 is 0. The van der Waals surface area contributed by atoms with Gasteiger partial charge in [0.2, 0.25) is 5.91 Å². The van der Waals surface area contributed by atoms with E-state index in [2.05, 4.69) is 17.4 Å². The smallest absolute Gasteiger partial charge is 0.250 e. The van der Waals surface area contributed by atoms with Gasteiger partial charge in [-0.25, -0.2) is 0 Å². The summed E-state index contributed by atoms with van der Waals surface area (Å²) in [5, 5.41) is 2.92. The van der Waals surface area contributed by atoms with Crippen LogP contribution < -0.4 is 10.9 Å². The van der Waals surface area contributed by atoms with E-state index in [4.69, 9.17) is 0 Å². The van der Waals surface area contributed by atoms with Gasteiger partial charge in [0.1, 0.15) is 0 Å². The highest BCUT2D eigenvalue weighted by molar-refractivity contribution is 5.90. The van der Waals surface area contributed by atoms with E-state index in [1.807, 2.05) is 48.5 Å². The van der Waals surface area contributed by atoms with Crippen LogP contribution in [0.4, 0.5) is 5.69 Å². The van der Waals surface area contributed by atoms with Crippen molar-refractivity contribution < 1.29 is 4.79 Å². The summed E-state index contributed by atoms with van der Waals surface area (Å²) < 4.78 is 1.65. The van der Waals surface area contributed by atoms with E-state index in [9.17, 15) is 9.59 Å². The molecule has 1 heterocycles. The van der Waals surface area contributed by atoms with Crippen LogP contribution in [0.2, 0.25) is 0 Å². The fraction of sp³-hybridized carbons (Fsp3) is 0.182. The number of hydrogen-bond donors (Lipinski definition) is 1. The maximum Gasteiger partial charge on any atom is 0.250 e. The number of anilines is 1. The Kier molecular flexibility index (Phi) is 5.99. The fourth-order valence-electron chi connectivity index (χ4n) is 2.80. The van der Waals surface area contributed by atoms with Crippen LogP contribution >= 0.6 is 0 Å². The van der Waals surface area contributed by atoms with Gasteiger partial charge in [-0.2, -0.15) is 0 Å². The maximum atomic E-state index is 12.1. The highest BCUT2D eigenvalue weighted by atomic mass is 16.1. The van der Waals surface area contributed by atoms with Crippen LogP contribution in [0, 0.1) is 0 Å². The number of aryl methyl sites for hydroxylation is 1. The van der Waals surface area contributed by atoms with Crippen molar-refractivity contribution in [3.05, 3.63) is 100 Å². The van der Waals surface area contributed by atoms with Crippen LogP contribution in [-0.2, 0) is 17.8 Å². The SMILES string of the molecule is O=C(CCCc1ccccc1)Nc1ccc(Cn2ccccc2=O)cc1. The van der Waals surface area contributed by atoms with Crippen LogP contribution in [0.15, 0.2) is 83.8 Å². The second-order valence-corrected chi connectivity index (χ2v) is 6.25. The number of amides is 1. The van der Waals surface area contributed by atoms with Gasteiger partial charge in [-0.05, 0) is 42.2 Å². The van der Waals surface area contributed by atoms with Gasteiger partial charge >= 0.3 is 0 Å². The Morgan fingerprint density at radius 1 is 0.846 bits per heavy atom. The third-order valence-electron chi connectivity index (χ3n) is 4.20. The van der Waals surface area contributed by atoms with Crippen molar-refractivity contribution in [3.8, 4) is 0 Å². The molecule has 0 saturated heterocycles. The zero-order chi connectivity index (χ0) is 18.2. The van der Waals surface area contributed by atoms with E-state index < -0.39 is 0 Å². The first-order valence-corrected chi connectivity index (χ1v) is 8.79. The molecule has 1 amide bonds. The van der Waals surface area contributed by atoms with Crippen LogP contribution in [0.3, 0.4) is 0 Å². The molecular formula is C22H22N2O2. The lowest BCUT2D eigenvalue weighted by Gasteiger charge is -2.08. The van der Waals surface area contributed by atoms with E-state index in [0.29, 0.717) is 13.0 Å². The molecule has 0 radical (unpaired) electrons. The highest BCUT2D eigenvalue weighted by Crippen LogP contribution is 2.12. The standard InChI is InChI=1S/C22H22N2O2/c25-21(10-6-9-18-7-2-1-3-8-18)23-20-14-12-19(13-15-20)17-24-16-5-4-11-22(24)26/h1-5,7-8,11-16H,6,9-10,17H2,(H,23,25). The van der Waals surface area contributed by atoms with Crippen molar-refractivity contribution in [3.63, 3.8) is 0 Å². The molecule has 26 heavy (non-hydrogen) atoms. The molecule has 4 heteroatoms. The average molecular weight is 346 g/mol. The van der Waals surface area contributed by atoms with Crippen LogP contribution in [0.5, 0.6) is 0 Å². The van der Waals surface area contributed by atoms with Gasteiger partial charge in [-0.15, -0.1) is 0 Å². The quantitative estimate of drug-likeness (QED) is 0.706. The molecule has 4 nitrogen and oxygen atoms in total. The predicted octanol–water partition coefficient (Wildman–Crippen LogP) is 3.86. The first-order valence-electron chi connectivity index (χ1n) is 8.79. The van der Waals surface area contributed by atoms with Crippen LogP contribution in [-0.4, -0.2) is 10.5 Å². The number of carbonyl (C=O) groups excluding carboxylic acids is 1. The number of nitrogens with zero attached hydrogens (tertiary/aromatic N) is 1. The lowest BCUT2D eigenvalue weighted by atomic mass is 10.1. The number of pyridine rings is 1. The van der Waals surface area contributed by atoms with Crippen molar-refractivity contribution in [2.24, 2.45) is 0 Å². The average Bonchev–Trinajstić information content (AvgIpc) is 2.66. The van der Waals surface area contributed by atoms with Gasteiger partial charge < -0.3 is 9.88 Å². The predicted molar refractivity (Wildman–Crippen MR) is 104 cm³/mol. The maximum absolute atomic E-state index is 12.1. The number of nitrogens with one attached hydrogen (secondary N) is 1. The molecule has 132 valence electrons. The van der Waals surface area contributed by atoms with E-state index in [1.54, 1.807) is 22.9 Å². The molecule has 0 spiro atoms. The van der Waals surface area contributed by atoms with E-state index in [0.717, 1.165) is 24.1 Å². The number of rotatable bonds is 7. The monoisotopic (exact) mass is 346 g/mol. The lowest BCUT2D eigenvalue weighted by Crippen LogP contribution is -2.18. The summed E-state index contributed by atoms with van der Waals surface area (Å²) in [6, 6.07) is 22.9. The molecule has 0 aliphatic carbocycles. The highest BCUT2D eigenvalue weighted by Gasteiger charge is 2.03. The topological polar surface area (TPSA) is 51.1 Å². The number of aromatic nitrogens is 1. The van der Waals surface area contributed by atoms with E-state index in [1.165, 1.54) is 5.56 Å². The molecular weight excluding hydrogens is 324 g/mol. The van der Waals surface area contributed by atoms with Crippen molar-refractivity contribution in [1.29, 1.82) is 0 Å². The minimum atomic E-state index is -0.0247. The van der Waals surface area contributed by atoms with Gasteiger partial charge in [0.05, 0.1) is 6.54 Å². The van der Waals surface area contributed by atoms with Gasteiger partial charge in [0, 0.05) is 24.4 Å². The molecule has 1 aromatic heterocycles. The third-order valence-corrected chi connectivity index (χ3v) is 4.20. The van der Waals surface area contributed by atoms with Gasteiger partial charge in [-0.1, -0.05) is 48.5 Å². The summed E-state index contributed by atoms with van der Waals surface area (Å²) in [6.07, 6.45) is 3.99. The second kappa shape index (κ2) is 8.81. The molecule has 2 aromatic carbocycles. The summed E-state index contributed by atoms with van der Waals surface area (Å²) in [5.41, 5.74) is 3.02. The Bertz CT molecular complexity index is 899. The molecule has 1 N–H and O–H groups in total. The normalized spacial score (nSPS) is 10.5. The molecule has 3 rings (SSSR count). The van der Waals surface area contributed by atoms with Gasteiger partial charge in [-0.3, -0.25) is 9.59 Å². The van der Waals surface area contributed by atoms with Crippen molar-refractivity contribution in [1.82, 2.24) is 4.57 Å². The minimum Gasteiger partial charge on any atom is -0.326 e. The molecule has 0 saturated carbocycles. The van der Waals surface area contributed by atoms with Crippen LogP contribution in [0.1, 0.15) is 24.0 Å². The molecule has 0 fully saturated rings. The second-order valence-electron chi connectivity index (χ2n) is 6.25. The van der Waals surface area contributed by atoms with Crippen molar-refractivity contribution >= 4 is 11.6 Å². The Morgan fingerprint density at radius 2 is 1.58 bits per heavy atom. The molecule has 0 bridgehead atoms. The minimum absolute atomic E-state index is 0.0213. The molecule has 3 aromatic rings. The first kappa shape index (κ1) is 17.7. The Hall–Kier alpha value is -3.14. The summed E-state index contributed by atoms with van der Waals surface area (Å²) in [6.45, 7) is 0.519. The first-order chi connectivity index (χ1) is 12.7. The number of hydrogen-bond acceptors (Lipinski definition) is 2. The molecule has 0 aliphatic heterocycles. The molecule has 0 aliphatic rings. The number of benzene rings is 2. The van der Waals surface area contributed by atoms with E-state index in [-0.39, 0.29) is 11.5 Å². The number of carbonyl (C=O) groups is 1. The Labute approximate surface area is 153 Å². The fourth-order valence-corrected chi connectivity index (χ4v) is 2.80. The molecule has 0 atom stereocenters. The third kappa shape index (κ3) is 5.18. The van der Waals surface area contributed by atoms with Crippen molar-refractivity contribution in [2.75, 3.05) is 5.32 Å². The Morgan fingerprint density at radius 3 is 2.31 bits per heavy atom. The lowest BCUT2D eigenvalue weighted by molar-refractivity contribution is -0.116. The van der Waals surface area contributed by atoms with Gasteiger partial charge in [0.15, 0.2) is 0 Å². The largest absolute Gasteiger partial charge is 0.326 e.